The third-order valence-electron chi connectivity index (χ3n) is 3.66. The van der Waals surface area contributed by atoms with Gasteiger partial charge in [-0.1, -0.05) is 37.6 Å². The molecule has 0 unspecified atom stereocenters. The molecule has 1 aliphatic heterocycles. The van der Waals surface area contributed by atoms with Gasteiger partial charge in [0.1, 0.15) is 0 Å². The molecule has 126 valence electrons. The van der Waals surface area contributed by atoms with Gasteiger partial charge in [-0.25, -0.2) is 4.68 Å². The number of hydrogen-bond donors (Lipinski definition) is 2. The number of nitrogens with zero attached hydrogens (tertiary/aromatic N) is 3. The number of hydrogen-bond acceptors (Lipinski definition) is 4. The first kappa shape index (κ1) is 16.4. The number of halogens is 1. The molecule has 2 aromatic rings. The van der Waals surface area contributed by atoms with Crippen molar-refractivity contribution >= 4 is 35.3 Å². The third-order valence-corrected chi connectivity index (χ3v) is 3.91. The van der Waals surface area contributed by atoms with E-state index in [4.69, 9.17) is 11.6 Å². The highest BCUT2D eigenvalue weighted by molar-refractivity contribution is 6.30. The predicted octanol–water partition coefficient (Wildman–Crippen LogP) is 2.85. The lowest BCUT2D eigenvalue weighted by atomic mass is 10.0. The molecule has 0 radical (unpaired) electrons. The van der Waals surface area contributed by atoms with Crippen molar-refractivity contribution in [1.29, 1.82) is 0 Å². The minimum absolute atomic E-state index is 0.144. The summed E-state index contributed by atoms with van der Waals surface area (Å²) in [5, 5.41) is 10.3. The number of nitrogens with one attached hydrogen (secondary N) is 2. The summed E-state index contributed by atoms with van der Waals surface area (Å²) in [4.78, 5) is 28.0. The van der Waals surface area contributed by atoms with E-state index >= 15 is 0 Å². The maximum atomic E-state index is 11.9. The van der Waals surface area contributed by atoms with Crippen molar-refractivity contribution in [2.24, 2.45) is 5.92 Å². The van der Waals surface area contributed by atoms with E-state index in [9.17, 15) is 9.59 Å². The maximum Gasteiger partial charge on any atom is 0.250 e. The molecular weight excluding hydrogens is 330 g/mol. The van der Waals surface area contributed by atoms with Gasteiger partial charge < -0.3 is 0 Å². The molecule has 0 saturated heterocycles. The van der Waals surface area contributed by atoms with Gasteiger partial charge in [-0.3, -0.25) is 20.2 Å². The van der Waals surface area contributed by atoms with E-state index in [1.165, 1.54) is 0 Å². The van der Waals surface area contributed by atoms with Crippen LogP contribution in [0.25, 0.3) is 0 Å². The van der Waals surface area contributed by atoms with Crippen LogP contribution in [-0.4, -0.2) is 26.6 Å². The quantitative estimate of drug-likeness (QED) is 0.890. The zero-order chi connectivity index (χ0) is 17.3. The summed E-state index contributed by atoms with van der Waals surface area (Å²) in [7, 11) is 0. The summed E-state index contributed by atoms with van der Waals surface area (Å²) in [6, 6.07) is 6.97. The van der Waals surface area contributed by atoms with Crippen LogP contribution >= 0.6 is 11.6 Å². The van der Waals surface area contributed by atoms with Gasteiger partial charge in [-0.15, -0.1) is 5.10 Å². The smallest absolute Gasteiger partial charge is 0.250 e. The molecule has 1 aliphatic rings. The average Bonchev–Trinajstić information content (AvgIpc) is 2.88. The summed E-state index contributed by atoms with van der Waals surface area (Å²) in [5.74, 6) is 0.462. The van der Waals surface area contributed by atoms with Crippen LogP contribution in [0.3, 0.4) is 0 Å². The number of aromatic nitrogens is 3. The molecule has 1 aromatic heterocycles. The van der Waals surface area contributed by atoms with Gasteiger partial charge in [-0.2, -0.15) is 4.98 Å². The van der Waals surface area contributed by atoms with Gasteiger partial charge >= 0.3 is 0 Å². The normalized spacial score (nSPS) is 16.7. The number of rotatable bonds is 4. The highest BCUT2D eigenvalue weighted by Crippen LogP contribution is 2.30. The lowest BCUT2D eigenvalue weighted by Gasteiger charge is -2.23. The van der Waals surface area contributed by atoms with E-state index < -0.39 is 0 Å². The molecule has 8 heteroatoms. The van der Waals surface area contributed by atoms with Crippen LogP contribution < -0.4 is 10.6 Å². The fourth-order valence-electron chi connectivity index (χ4n) is 2.61. The summed E-state index contributed by atoms with van der Waals surface area (Å²) >= 11 is 5.92. The molecule has 0 spiro atoms. The SMILES string of the molecule is CC(C)CC(=O)Nc1nc2n(n1)[C@@H](c1ccc(Cl)cc1)CC(=O)N2. The molecule has 24 heavy (non-hydrogen) atoms. The zero-order valence-corrected chi connectivity index (χ0v) is 14.2. The average molecular weight is 348 g/mol. The Hall–Kier alpha value is -2.41. The number of benzene rings is 1. The minimum atomic E-state index is -0.283. The van der Waals surface area contributed by atoms with Crippen LogP contribution in [0, 0.1) is 5.92 Å². The van der Waals surface area contributed by atoms with Crippen LogP contribution in [0.1, 0.15) is 38.3 Å². The molecule has 2 heterocycles. The van der Waals surface area contributed by atoms with Gasteiger partial charge in [-0.05, 0) is 23.6 Å². The van der Waals surface area contributed by atoms with Gasteiger partial charge in [0, 0.05) is 11.4 Å². The highest BCUT2D eigenvalue weighted by Gasteiger charge is 2.29. The molecular formula is C16H18ClN5O2. The second kappa shape index (κ2) is 6.60. The van der Waals surface area contributed by atoms with Crippen LogP contribution in [0.2, 0.25) is 5.02 Å². The van der Waals surface area contributed by atoms with E-state index in [2.05, 4.69) is 20.7 Å². The van der Waals surface area contributed by atoms with Gasteiger partial charge in [0.15, 0.2) is 0 Å². The molecule has 7 nitrogen and oxygen atoms in total. The third kappa shape index (κ3) is 3.56. The van der Waals surface area contributed by atoms with Crippen molar-refractivity contribution in [2.45, 2.75) is 32.7 Å². The number of fused-ring (bicyclic) bond motifs is 1. The maximum absolute atomic E-state index is 11.9. The Balaban J connectivity index is 1.87. The molecule has 0 bridgehead atoms. The Morgan fingerprint density at radius 1 is 1.42 bits per heavy atom. The molecule has 1 aromatic carbocycles. The Labute approximate surface area is 144 Å². The zero-order valence-electron chi connectivity index (χ0n) is 13.4. The predicted molar refractivity (Wildman–Crippen MR) is 90.9 cm³/mol. The molecule has 1 atom stereocenters. The first-order valence-corrected chi connectivity index (χ1v) is 8.12. The summed E-state index contributed by atoms with van der Waals surface area (Å²) < 4.78 is 1.62. The standard InChI is InChI=1S/C16H18ClN5O2/c1-9(2)7-13(23)18-15-20-16-19-14(24)8-12(22(16)21-15)10-3-5-11(17)6-4-10/h3-6,9,12H,7-8H2,1-2H3,(H2,18,19,20,21,23,24)/t12-/m1/s1. The summed E-state index contributed by atoms with van der Waals surface area (Å²) in [6.45, 7) is 3.92. The van der Waals surface area contributed by atoms with Crippen molar-refractivity contribution < 1.29 is 9.59 Å². The Kier molecular flexibility index (Phi) is 4.53. The number of amides is 2. The largest absolute Gasteiger partial charge is 0.295 e. The van der Waals surface area contributed by atoms with Crippen molar-refractivity contribution in [3.8, 4) is 0 Å². The molecule has 0 saturated carbocycles. The Bertz CT molecular complexity index is 769. The van der Waals surface area contributed by atoms with Gasteiger partial charge in [0.2, 0.25) is 17.8 Å². The summed E-state index contributed by atoms with van der Waals surface area (Å²) in [5.41, 5.74) is 0.903. The van der Waals surface area contributed by atoms with Crippen molar-refractivity contribution in [3.05, 3.63) is 34.9 Å². The first-order chi connectivity index (χ1) is 11.4. The van der Waals surface area contributed by atoms with Crippen molar-refractivity contribution in [1.82, 2.24) is 14.8 Å². The van der Waals surface area contributed by atoms with Crippen LogP contribution in [-0.2, 0) is 9.59 Å². The lowest BCUT2D eigenvalue weighted by Crippen LogP contribution is -2.29. The van der Waals surface area contributed by atoms with Crippen molar-refractivity contribution in [2.75, 3.05) is 10.6 Å². The minimum Gasteiger partial charge on any atom is -0.295 e. The highest BCUT2D eigenvalue weighted by atomic mass is 35.5. The number of carbonyl (C=O) groups excluding carboxylic acids is 2. The van der Waals surface area contributed by atoms with E-state index in [0.717, 1.165) is 5.56 Å². The molecule has 0 fully saturated rings. The fourth-order valence-corrected chi connectivity index (χ4v) is 2.73. The summed E-state index contributed by atoms with van der Waals surface area (Å²) in [6.07, 6.45) is 0.633. The van der Waals surface area contributed by atoms with Crippen LogP contribution in [0.15, 0.2) is 24.3 Å². The van der Waals surface area contributed by atoms with Gasteiger partial charge in [0.25, 0.3) is 5.95 Å². The van der Waals surface area contributed by atoms with E-state index in [1.807, 2.05) is 26.0 Å². The van der Waals surface area contributed by atoms with E-state index in [-0.39, 0.29) is 36.1 Å². The first-order valence-electron chi connectivity index (χ1n) is 7.74. The van der Waals surface area contributed by atoms with Crippen LogP contribution in [0.4, 0.5) is 11.9 Å². The Morgan fingerprint density at radius 2 is 2.12 bits per heavy atom. The molecule has 2 N–H and O–H groups in total. The van der Waals surface area contributed by atoms with Crippen molar-refractivity contribution in [3.63, 3.8) is 0 Å². The Morgan fingerprint density at radius 3 is 2.79 bits per heavy atom. The molecule has 0 aliphatic carbocycles. The second-order valence-corrected chi connectivity index (χ2v) is 6.61. The lowest BCUT2D eigenvalue weighted by molar-refractivity contribution is -0.118. The number of anilines is 2. The van der Waals surface area contributed by atoms with E-state index in [0.29, 0.717) is 17.4 Å². The van der Waals surface area contributed by atoms with E-state index in [1.54, 1.807) is 16.8 Å². The van der Waals surface area contributed by atoms with Crippen LogP contribution in [0.5, 0.6) is 0 Å². The monoisotopic (exact) mass is 347 g/mol. The fraction of sp³-hybridized carbons (Fsp3) is 0.375. The molecule has 2 amide bonds. The second-order valence-electron chi connectivity index (χ2n) is 6.17. The molecule has 3 rings (SSSR count). The number of carbonyl (C=O) groups is 2. The topological polar surface area (TPSA) is 88.9 Å². The van der Waals surface area contributed by atoms with Gasteiger partial charge in [0.05, 0.1) is 12.5 Å².